The van der Waals surface area contributed by atoms with Gasteiger partial charge < -0.3 is 4.74 Å². The Morgan fingerprint density at radius 3 is 2.43 bits per heavy atom. The molecule has 0 spiro atoms. The average Bonchev–Trinajstić information content (AvgIpc) is 2.15. The van der Waals surface area contributed by atoms with E-state index in [-0.39, 0.29) is 5.97 Å². The van der Waals surface area contributed by atoms with E-state index in [1.54, 1.807) is 0 Å². The summed E-state index contributed by atoms with van der Waals surface area (Å²) in [5.41, 5.74) is 2.65. The molecule has 0 heterocycles. The van der Waals surface area contributed by atoms with Crippen LogP contribution >= 0.6 is 0 Å². The highest BCUT2D eigenvalue weighted by molar-refractivity contribution is 5.67. The lowest BCUT2D eigenvalue weighted by Crippen LogP contribution is -1.98. The Kier molecular flexibility index (Phi) is 7.96. The number of hydrogen-bond acceptors (Lipinski definition) is 2. The normalized spacial score (nSPS) is 9.29. The molecule has 0 radical (unpaired) electrons. The summed E-state index contributed by atoms with van der Waals surface area (Å²) in [6.45, 7) is 7.08. The van der Waals surface area contributed by atoms with Gasteiger partial charge in [-0.25, -0.2) is 0 Å². The van der Waals surface area contributed by atoms with Gasteiger partial charge in [0.1, 0.15) is 5.76 Å². The first-order chi connectivity index (χ1) is 6.70. The van der Waals surface area contributed by atoms with Crippen molar-refractivity contribution < 1.29 is 9.53 Å². The Hall–Kier alpha value is -1.01. The van der Waals surface area contributed by atoms with Crippen LogP contribution in [-0.2, 0) is 9.53 Å². The predicted octanol–water partition coefficient (Wildman–Crippen LogP) is 3.58. The lowest BCUT2D eigenvalue weighted by atomic mass is 10.1. The molecule has 0 aromatic heterocycles. The van der Waals surface area contributed by atoms with Crippen LogP contribution in [0.5, 0.6) is 0 Å². The Bertz CT molecular complexity index is 212. The number of carbonyl (C=O) groups excluding carboxylic acids is 1. The molecule has 0 rings (SSSR count). The van der Waals surface area contributed by atoms with Crippen LogP contribution in [0.25, 0.3) is 0 Å². The Labute approximate surface area is 86.6 Å². The molecule has 0 saturated carbocycles. The fourth-order valence-electron chi connectivity index (χ4n) is 1.24. The van der Waals surface area contributed by atoms with Crippen molar-refractivity contribution in [3.8, 4) is 0 Å². The number of unbranched alkanes of at least 4 members (excludes halogenated alkanes) is 4. The molecular weight excluding hydrogens is 176 g/mol. The van der Waals surface area contributed by atoms with E-state index in [0.717, 1.165) is 12.8 Å². The zero-order valence-corrected chi connectivity index (χ0v) is 9.27. The van der Waals surface area contributed by atoms with Crippen LogP contribution in [0.15, 0.2) is 18.1 Å². The van der Waals surface area contributed by atoms with Gasteiger partial charge in [0, 0.05) is 13.3 Å². The van der Waals surface area contributed by atoms with E-state index >= 15 is 0 Å². The number of rotatable bonds is 7. The topological polar surface area (TPSA) is 26.3 Å². The molecule has 0 aliphatic rings. The van der Waals surface area contributed by atoms with E-state index in [2.05, 4.69) is 19.2 Å². The Balaban J connectivity index is 3.54. The maximum Gasteiger partial charge on any atom is 0.308 e. The number of esters is 1. The third-order valence-corrected chi connectivity index (χ3v) is 1.97. The number of carbonyl (C=O) groups is 1. The number of ether oxygens (including phenoxy) is 1. The Morgan fingerprint density at radius 2 is 1.93 bits per heavy atom. The van der Waals surface area contributed by atoms with Crippen molar-refractivity contribution in [3.05, 3.63) is 18.1 Å². The largest absolute Gasteiger partial charge is 0.423 e. The molecule has 80 valence electrons. The van der Waals surface area contributed by atoms with E-state index in [1.807, 2.05) is 0 Å². The second-order valence-corrected chi connectivity index (χ2v) is 3.36. The summed E-state index contributed by atoms with van der Waals surface area (Å²) in [5.74, 6) is 0.290. The van der Waals surface area contributed by atoms with E-state index in [4.69, 9.17) is 4.74 Å². The minimum absolute atomic E-state index is 0.287. The first-order valence-electron chi connectivity index (χ1n) is 5.28. The van der Waals surface area contributed by atoms with Gasteiger partial charge in [-0.3, -0.25) is 4.79 Å². The van der Waals surface area contributed by atoms with E-state index in [1.165, 1.54) is 32.6 Å². The molecule has 0 unspecified atom stereocenters. The zero-order valence-electron chi connectivity index (χ0n) is 9.27. The average molecular weight is 196 g/mol. The predicted molar refractivity (Wildman–Crippen MR) is 57.8 cm³/mol. The van der Waals surface area contributed by atoms with Crippen molar-refractivity contribution in [3.63, 3.8) is 0 Å². The van der Waals surface area contributed by atoms with Crippen molar-refractivity contribution in [2.45, 2.75) is 52.4 Å². The van der Waals surface area contributed by atoms with Crippen molar-refractivity contribution in [1.29, 1.82) is 0 Å². The molecule has 0 N–H and O–H groups in total. The van der Waals surface area contributed by atoms with Gasteiger partial charge in [0.05, 0.1) is 0 Å². The molecule has 0 atom stereocenters. The van der Waals surface area contributed by atoms with Gasteiger partial charge in [0.15, 0.2) is 0 Å². The number of allylic oxidation sites excluding steroid dienone is 1. The quantitative estimate of drug-likeness (QED) is 0.269. The SMILES string of the molecule is C=C=C(CCCCCCC)OC(C)=O. The molecule has 0 aromatic carbocycles. The summed E-state index contributed by atoms with van der Waals surface area (Å²) in [5, 5.41) is 0. The van der Waals surface area contributed by atoms with Crippen LogP contribution < -0.4 is 0 Å². The van der Waals surface area contributed by atoms with Crippen LogP contribution in [0.4, 0.5) is 0 Å². The van der Waals surface area contributed by atoms with Crippen LogP contribution in [-0.4, -0.2) is 5.97 Å². The van der Waals surface area contributed by atoms with Crippen LogP contribution in [0.2, 0.25) is 0 Å². The van der Waals surface area contributed by atoms with Gasteiger partial charge in [-0.15, -0.1) is 0 Å². The first kappa shape index (κ1) is 13.0. The van der Waals surface area contributed by atoms with E-state index in [9.17, 15) is 4.79 Å². The lowest BCUT2D eigenvalue weighted by Gasteiger charge is -2.03. The molecule has 14 heavy (non-hydrogen) atoms. The first-order valence-corrected chi connectivity index (χ1v) is 5.28. The highest BCUT2D eigenvalue weighted by Gasteiger charge is 2.00. The van der Waals surface area contributed by atoms with Gasteiger partial charge in [-0.2, -0.15) is 0 Å². The molecule has 0 fully saturated rings. The van der Waals surface area contributed by atoms with Crippen LogP contribution in [0, 0.1) is 0 Å². The van der Waals surface area contributed by atoms with E-state index in [0.29, 0.717) is 5.76 Å². The maximum atomic E-state index is 10.6. The molecule has 2 heteroatoms. The summed E-state index contributed by atoms with van der Waals surface area (Å²) >= 11 is 0. The van der Waals surface area contributed by atoms with E-state index < -0.39 is 0 Å². The van der Waals surface area contributed by atoms with Gasteiger partial charge >= 0.3 is 5.97 Å². The molecule has 0 aliphatic carbocycles. The van der Waals surface area contributed by atoms with Crippen molar-refractivity contribution in [2.24, 2.45) is 0 Å². The summed E-state index contributed by atoms with van der Waals surface area (Å²) in [7, 11) is 0. The third-order valence-electron chi connectivity index (χ3n) is 1.97. The van der Waals surface area contributed by atoms with Gasteiger partial charge in [-0.1, -0.05) is 44.9 Å². The minimum Gasteiger partial charge on any atom is -0.423 e. The summed E-state index contributed by atoms with van der Waals surface area (Å²) in [4.78, 5) is 10.6. The fourth-order valence-corrected chi connectivity index (χ4v) is 1.24. The van der Waals surface area contributed by atoms with Gasteiger partial charge in [0.2, 0.25) is 0 Å². The second-order valence-electron chi connectivity index (χ2n) is 3.36. The molecule has 2 nitrogen and oxygen atoms in total. The fraction of sp³-hybridized carbons (Fsp3) is 0.667. The molecule has 0 saturated heterocycles. The highest BCUT2D eigenvalue weighted by atomic mass is 16.5. The molecule has 0 amide bonds. The van der Waals surface area contributed by atoms with Crippen LogP contribution in [0.3, 0.4) is 0 Å². The molecule has 0 aromatic rings. The van der Waals surface area contributed by atoms with Crippen molar-refractivity contribution in [2.75, 3.05) is 0 Å². The van der Waals surface area contributed by atoms with Gasteiger partial charge in [0.25, 0.3) is 0 Å². The lowest BCUT2D eigenvalue weighted by molar-refractivity contribution is -0.137. The molecule has 0 bridgehead atoms. The smallest absolute Gasteiger partial charge is 0.308 e. The maximum absolute atomic E-state index is 10.6. The zero-order chi connectivity index (χ0) is 10.8. The monoisotopic (exact) mass is 196 g/mol. The number of hydrogen-bond donors (Lipinski definition) is 0. The minimum atomic E-state index is -0.287. The molecule has 0 aliphatic heterocycles. The van der Waals surface area contributed by atoms with Gasteiger partial charge in [-0.05, 0) is 6.42 Å². The van der Waals surface area contributed by atoms with Crippen LogP contribution in [0.1, 0.15) is 52.4 Å². The standard InChI is InChI=1S/C12H20O2/c1-4-6-7-8-9-10-12(5-2)14-11(3)13/h2,4,6-10H2,1,3H3. The second kappa shape index (κ2) is 8.58. The molecular formula is C12H20O2. The summed E-state index contributed by atoms with van der Waals surface area (Å²) in [6.07, 6.45) is 6.77. The Morgan fingerprint density at radius 1 is 1.29 bits per heavy atom. The van der Waals surface area contributed by atoms with Crippen molar-refractivity contribution >= 4 is 5.97 Å². The van der Waals surface area contributed by atoms with Crippen molar-refractivity contribution in [1.82, 2.24) is 0 Å². The summed E-state index contributed by atoms with van der Waals surface area (Å²) in [6, 6.07) is 0. The third kappa shape index (κ3) is 7.63. The highest BCUT2D eigenvalue weighted by Crippen LogP contribution is 2.11. The summed E-state index contributed by atoms with van der Waals surface area (Å²) < 4.78 is 4.91.